The Morgan fingerprint density at radius 1 is 1.19 bits per heavy atom. The largest absolute Gasteiger partial charge is 0.376 e. The summed E-state index contributed by atoms with van der Waals surface area (Å²) in [6.45, 7) is 4.98. The van der Waals surface area contributed by atoms with Crippen molar-refractivity contribution < 1.29 is 14.3 Å². The Morgan fingerprint density at radius 2 is 1.93 bits per heavy atom. The number of rotatable bonds is 10. The molecule has 0 bridgehead atoms. The Labute approximate surface area is 162 Å². The van der Waals surface area contributed by atoms with Crippen LogP contribution in [0.25, 0.3) is 0 Å². The number of amides is 2. The highest BCUT2D eigenvalue weighted by Crippen LogP contribution is 2.15. The molecule has 1 heterocycles. The average molecular weight is 376 g/mol. The highest BCUT2D eigenvalue weighted by Gasteiger charge is 2.22. The SMILES string of the molecule is CCCC(=O)Nc1ccc(CC(=O)N(CCN(C)C)CC2CCCO2)cc1. The highest BCUT2D eigenvalue weighted by molar-refractivity contribution is 5.90. The number of likely N-dealkylation sites (N-methyl/N-ethyl adjacent to an activating group) is 1. The predicted molar refractivity (Wildman–Crippen MR) is 108 cm³/mol. The van der Waals surface area contributed by atoms with Gasteiger partial charge in [0, 0.05) is 38.3 Å². The zero-order valence-electron chi connectivity index (χ0n) is 16.9. The molecule has 1 atom stereocenters. The first-order valence-electron chi connectivity index (χ1n) is 9.90. The molecule has 1 saturated heterocycles. The summed E-state index contributed by atoms with van der Waals surface area (Å²) in [6.07, 6.45) is 3.97. The number of ether oxygens (including phenoxy) is 1. The molecule has 27 heavy (non-hydrogen) atoms. The van der Waals surface area contributed by atoms with Crippen LogP contribution in [0.2, 0.25) is 0 Å². The normalized spacial score (nSPS) is 16.5. The van der Waals surface area contributed by atoms with Gasteiger partial charge >= 0.3 is 0 Å². The maximum absolute atomic E-state index is 12.8. The van der Waals surface area contributed by atoms with E-state index in [9.17, 15) is 9.59 Å². The van der Waals surface area contributed by atoms with Crippen molar-refractivity contribution in [2.24, 2.45) is 0 Å². The average Bonchev–Trinajstić information content (AvgIpc) is 3.13. The second-order valence-electron chi connectivity index (χ2n) is 7.45. The van der Waals surface area contributed by atoms with Crippen molar-refractivity contribution in [1.82, 2.24) is 9.80 Å². The second-order valence-corrected chi connectivity index (χ2v) is 7.45. The molecule has 150 valence electrons. The van der Waals surface area contributed by atoms with Crippen LogP contribution in [0.4, 0.5) is 5.69 Å². The minimum Gasteiger partial charge on any atom is -0.376 e. The number of hydrogen-bond acceptors (Lipinski definition) is 4. The van der Waals surface area contributed by atoms with Crippen molar-refractivity contribution in [3.05, 3.63) is 29.8 Å². The van der Waals surface area contributed by atoms with Crippen LogP contribution in [0.5, 0.6) is 0 Å². The molecule has 0 saturated carbocycles. The number of nitrogens with zero attached hydrogens (tertiary/aromatic N) is 2. The number of carbonyl (C=O) groups excluding carboxylic acids is 2. The molecule has 1 N–H and O–H groups in total. The lowest BCUT2D eigenvalue weighted by atomic mass is 10.1. The van der Waals surface area contributed by atoms with Crippen molar-refractivity contribution in [3.63, 3.8) is 0 Å². The summed E-state index contributed by atoms with van der Waals surface area (Å²) < 4.78 is 5.72. The van der Waals surface area contributed by atoms with E-state index in [-0.39, 0.29) is 17.9 Å². The summed E-state index contributed by atoms with van der Waals surface area (Å²) in [5.41, 5.74) is 1.73. The molecule has 1 aromatic carbocycles. The number of nitrogens with one attached hydrogen (secondary N) is 1. The van der Waals surface area contributed by atoms with Gasteiger partial charge in [-0.25, -0.2) is 0 Å². The molecule has 0 aliphatic carbocycles. The van der Waals surface area contributed by atoms with E-state index >= 15 is 0 Å². The zero-order valence-corrected chi connectivity index (χ0v) is 16.9. The Morgan fingerprint density at radius 3 is 2.52 bits per heavy atom. The van der Waals surface area contributed by atoms with Crippen LogP contribution in [-0.2, 0) is 20.7 Å². The molecule has 2 rings (SSSR count). The van der Waals surface area contributed by atoms with Gasteiger partial charge in [0.2, 0.25) is 11.8 Å². The van der Waals surface area contributed by atoms with Gasteiger partial charge in [-0.3, -0.25) is 9.59 Å². The molecule has 1 aromatic rings. The molecule has 0 radical (unpaired) electrons. The Kier molecular flexibility index (Phi) is 8.75. The molecule has 1 aliphatic rings. The van der Waals surface area contributed by atoms with Gasteiger partial charge in [0.1, 0.15) is 0 Å². The first-order chi connectivity index (χ1) is 13.0. The van der Waals surface area contributed by atoms with E-state index in [1.54, 1.807) is 0 Å². The number of carbonyl (C=O) groups is 2. The molecule has 6 nitrogen and oxygen atoms in total. The third-order valence-corrected chi connectivity index (χ3v) is 4.69. The number of anilines is 1. The van der Waals surface area contributed by atoms with E-state index in [2.05, 4.69) is 10.2 Å². The molecular formula is C21H33N3O3. The van der Waals surface area contributed by atoms with Crippen molar-refractivity contribution in [3.8, 4) is 0 Å². The van der Waals surface area contributed by atoms with Crippen LogP contribution in [0.3, 0.4) is 0 Å². The second kappa shape index (κ2) is 11.0. The summed E-state index contributed by atoms with van der Waals surface area (Å²) in [7, 11) is 4.03. The lowest BCUT2D eigenvalue weighted by Gasteiger charge is -2.27. The maximum Gasteiger partial charge on any atom is 0.227 e. The van der Waals surface area contributed by atoms with Crippen LogP contribution < -0.4 is 5.32 Å². The summed E-state index contributed by atoms with van der Waals surface area (Å²) >= 11 is 0. The number of hydrogen-bond donors (Lipinski definition) is 1. The van der Waals surface area contributed by atoms with E-state index in [0.29, 0.717) is 25.9 Å². The van der Waals surface area contributed by atoms with Crippen LogP contribution in [0, 0.1) is 0 Å². The van der Waals surface area contributed by atoms with Gasteiger partial charge in [-0.15, -0.1) is 0 Å². The molecule has 0 aromatic heterocycles. The van der Waals surface area contributed by atoms with Crippen molar-refractivity contribution in [2.45, 2.75) is 45.1 Å². The van der Waals surface area contributed by atoms with Crippen molar-refractivity contribution in [1.29, 1.82) is 0 Å². The lowest BCUT2D eigenvalue weighted by molar-refractivity contribution is -0.132. The fourth-order valence-electron chi connectivity index (χ4n) is 3.12. The van der Waals surface area contributed by atoms with Gasteiger partial charge in [-0.1, -0.05) is 19.1 Å². The fraction of sp³-hybridized carbons (Fsp3) is 0.619. The predicted octanol–water partition coefficient (Wildman–Crippen LogP) is 2.54. The number of benzene rings is 1. The van der Waals surface area contributed by atoms with Crippen LogP contribution in [0.1, 0.15) is 38.2 Å². The molecule has 2 amide bonds. The monoisotopic (exact) mass is 375 g/mol. The maximum atomic E-state index is 12.8. The van der Waals surface area contributed by atoms with Gasteiger partial charge in [0.25, 0.3) is 0 Å². The van der Waals surface area contributed by atoms with E-state index in [1.165, 1.54) is 0 Å². The van der Waals surface area contributed by atoms with Gasteiger partial charge < -0.3 is 19.9 Å². The summed E-state index contributed by atoms with van der Waals surface area (Å²) in [4.78, 5) is 28.5. The van der Waals surface area contributed by atoms with E-state index in [1.807, 2.05) is 50.2 Å². The minimum absolute atomic E-state index is 0.0211. The quantitative estimate of drug-likeness (QED) is 0.683. The molecule has 0 spiro atoms. The Balaban J connectivity index is 1.92. The summed E-state index contributed by atoms with van der Waals surface area (Å²) in [5, 5.41) is 2.87. The highest BCUT2D eigenvalue weighted by atomic mass is 16.5. The molecule has 1 fully saturated rings. The first kappa shape index (κ1) is 21.4. The lowest BCUT2D eigenvalue weighted by Crippen LogP contribution is -2.42. The zero-order chi connectivity index (χ0) is 19.6. The summed E-state index contributed by atoms with van der Waals surface area (Å²) in [6, 6.07) is 7.55. The Hall–Kier alpha value is -1.92. The molecule has 1 unspecified atom stereocenters. The Bertz CT molecular complexity index is 595. The van der Waals surface area contributed by atoms with Crippen molar-refractivity contribution >= 4 is 17.5 Å². The van der Waals surface area contributed by atoms with Crippen LogP contribution >= 0.6 is 0 Å². The van der Waals surface area contributed by atoms with E-state index in [4.69, 9.17) is 4.74 Å². The third-order valence-electron chi connectivity index (χ3n) is 4.69. The van der Waals surface area contributed by atoms with Crippen LogP contribution in [0.15, 0.2) is 24.3 Å². The van der Waals surface area contributed by atoms with Gasteiger partial charge in [-0.05, 0) is 51.1 Å². The van der Waals surface area contributed by atoms with Gasteiger partial charge in [0.15, 0.2) is 0 Å². The third kappa shape index (κ3) is 7.69. The molecular weight excluding hydrogens is 342 g/mol. The standard InChI is InChI=1S/C21H33N3O3/c1-4-6-20(25)22-18-10-8-17(9-11-18)15-21(26)24(13-12-23(2)3)16-19-7-5-14-27-19/h8-11,19H,4-7,12-16H2,1-3H3,(H,22,25). The smallest absolute Gasteiger partial charge is 0.227 e. The minimum atomic E-state index is 0.0211. The first-order valence-corrected chi connectivity index (χ1v) is 9.90. The fourth-order valence-corrected chi connectivity index (χ4v) is 3.12. The van der Waals surface area contributed by atoms with E-state index < -0.39 is 0 Å². The molecule has 6 heteroatoms. The summed E-state index contributed by atoms with van der Waals surface area (Å²) in [5.74, 6) is 0.142. The molecule has 1 aliphatic heterocycles. The van der Waals surface area contributed by atoms with Crippen molar-refractivity contribution in [2.75, 3.05) is 45.7 Å². The van der Waals surface area contributed by atoms with Gasteiger partial charge in [-0.2, -0.15) is 0 Å². The topological polar surface area (TPSA) is 61.9 Å². The van der Waals surface area contributed by atoms with Gasteiger partial charge in [0.05, 0.1) is 12.5 Å². The van der Waals surface area contributed by atoms with Crippen LogP contribution in [-0.4, -0.2) is 68.1 Å². The van der Waals surface area contributed by atoms with E-state index in [0.717, 1.165) is 43.7 Å².